The molecule has 0 atom stereocenters. The molecule has 112 valence electrons. The minimum atomic E-state index is -4.46. The number of halogens is 1. The minimum Gasteiger partial charge on any atom is -0.378 e. The van der Waals surface area contributed by atoms with Crippen molar-refractivity contribution in [3.8, 4) is 11.8 Å². The van der Waals surface area contributed by atoms with Crippen LogP contribution in [0.4, 0.5) is 4.39 Å². The maximum atomic E-state index is 13.8. The lowest BCUT2D eigenvalue weighted by atomic mass is 10.1. The van der Waals surface area contributed by atoms with Crippen LogP contribution in [0.25, 0.3) is 0 Å². The van der Waals surface area contributed by atoms with E-state index in [0.29, 0.717) is 6.29 Å². The lowest BCUT2D eigenvalue weighted by Gasteiger charge is -2.10. The first-order valence-electron chi connectivity index (χ1n) is 6.07. The molecule has 0 unspecified atom stereocenters. The first-order chi connectivity index (χ1) is 10.4. The van der Waals surface area contributed by atoms with Crippen molar-refractivity contribution in [1.82, 2.24) is 0 Å². The highest BCUT2D eigenvalue weighted by atomic mass is 32.2. The summed E-state index contributed by atoms with van der Waals surface area (Å²) in [7, 11) is -4.46. The molecule has 2 rings (SSSR count). The smallest absolute Gasteiger partial charge is 0.342 e. The predicted octanol–water partition coefficient (Wildman–Crippen LogP) is 2.59. The molecule has 0 saturated carbocycles. The lowest BCUT2D eigenvalue weighted by Crippen LogP contribution is -2.13. The maximum absolute atomic E-state index is 13.8. The summed E-state index contributed by atoms with van der Waals surface area (Å²) < 4.78 is 42.9. The highest BCUT2D eigenvalue weighted by Crippen LogP contribution is 2.24. The molecule has 0 amide bonds. The van der Waals surface area contributed by atoms with Gasteiger partial charge in [0.25, 0.3) is 0 Å². The third-order valence-electron chi connectivity index (χ3n) is 2.82. The van der Waals surface area contributed by atoms with Gasteiger partial charge in [-0.2, -0.15) is 13.7 Å². The summed E-state index contributed by atoms with van der Waals surface area (Å²) in [6.07, 6.45) is 0.451. The number of carbonyl (C=O) groups is 1. The van der Waals surface area contributed by atoms with E-state index in [-0.39, 0.29) is 16.9 Å². The number of hydrogen-bond donors (Lipinski definition) is 0. The van der Waals surface area contributed by atoms with Gasteiger partial charge in [0.1, 0.15) is 10.7 Å². The summed E-state index contributed by atoms with van der Waals surface area (Å²) in [5, 5.41) is 8.65. The van der Waals surface area contributed by atoms with Crippen molar-refractivity contribution in [2.24, 2.45) is 0 Å². The van der Waals surface area contributed by atoms with Crippen LogP contribution < -0.4 is 4.18 Å². The Kier molecular flexibility index (Phi) is 4.24. The fourth-order valence-electron chi connectivity index (χ4n) is 1.77. The number of aldehydes is 1. The summed E-state index contributed by atoms with van der Waals surface area (Å²) >= 11 is 0. The van der Waals surface area contributed by atoms with E-state index in [1.165, 1.54) is 12.1 Å². The molecular formula is C15H10FNO4S. The topological polar surface area (TPSA) is 84.2 Å². The Bertz CT molecular complexity index is 885. The highest BCUT2D eigenvalue weighted by molar-refractivity contribution is 7.87. The van der Waals surface area contributed by atoms with E-state index < -0.39 is 20.8 Å². The molecule has 0 heterocycles. The van der Waals surface area contributed by atoms with E-state index in [9.17, 15) is 17.6 Å². The fraction of sp³-hybridized carbons (Fsp3) is 0.0667. The van der Waals surface area contributed by atoms with E-state index in [4.69, 9.17) is 9.44 Å². The number of hydrogen-bond acceptors (Lipinski definition) is 5. The Hall–Kier alpha value is -2.72. The van der Waals surface area contributed by atoms with Gasteiger partial charge in [0.2, 0.25) is 0 Å². The number of rotatable bonds is 4. The van der Waals surface area contributed by atoms with Crippen molar-refractivity contribution in [2.45, 2.75) is 11.8 Å². The molecule has 0 N–H and O–H groups in total. The van der Waals surface area contributed by atoms with Crippen LogP contribution in [-0.2, 0) is 10.1 Å². The van der Waals surface area contributed by atoms with Gasteiger partial charge >= 0.3 is 10.1 Å². The summed E-state index contributed by atoms with van der Waals surface area (Å²) in [5.74, 6) is -1.29. The normalized spacial score (nSPS) is 10.8. The average molecular weight is 319 g/mol. The number of aryl methyl sites for hydroxylation is 1. The molecule has 22 heavy (non-hydrogen) atoms. The first-order valence-corrected chi connectivity index (χ1v) is 7.48. The molecule has 0 aromatic heterocycles. The Morgan fingerprint density at radius 3 is 2.55 bits per heavy atom. The van der Waals surface area contributed by atoms with Crippen LogP contribution in [-0.4, -0.2) is 14.7 Å². The van der Waals surface area contributed by atoms with Crippen molar-refractivity contribution in [2.75, 3.05) is 0 Å². The highest BCUT2D eigenvalue weighted by Gasteiger charge is 2.23. The second kappa shape index (κ2) is 5.95. The summed E-state index contributed by atoms with van der Waals surface area (Å²) in [6.45, 7) is 1.73. The van der Waals surface area contributed by atoms with E-state index >= 15 is 0 Å². The van der Waals surface area contributed by atoms with Gasteiger partial charge in [0.15, 0.2) is 12.0 Å². The molecule has 0 radical (unpaired) electrons. The Balaban J connectivity index is 2.45. The second-order valence-corrected chi connectivity index (χ2v) is 5.97. The zero-order valence-corrected chi connectivity index (χ0v) is 12.2. The van der Waals surface area contributed by atoms with Crippen molar-refractivity contribution in [3.63, 3.8) is 0 Å². The zero-order chi connectivity index (χ0) is 16.3. The van der Waals surface area contributed by atoms with Gasteiger partial charge in [-0.05, 0) is 37.3 Å². The molecule has 0 aliphatic rings. The molecule has 0 spiro atoms. The van der Waals surface area contributed by atoms with Gasteiger partial charge in [-0.25, -0.2) is 4.39 Å². The lowest BCUT2D eigenvalue weighted by molar-refractivity contribution is 0.112. The van der Waals surface area contributed by atoms with E-state index in [2.05, 4.69) is 0 Å². The molecule has 0 bridgehead atoms. The Morgan fingerprint density at radius 2 is 1.95 bits per heavy atom. The van der Waals surface area contributed by atoms with Crippen LogP contribution in [0.2, 0.25) is 0 Å². The van der Waals surface area contributed by atoms with Gasteiger partial charge in [0.05, 0.1) is 17.2 Å². The average Bonchev–Trinajstić information content (AvgIpc) is 2.48. The third-order valence-corrected chi connectivity index (χ3v) is 4.09. The molecule has 5 nitrogen and oxygen atoms in total. The van der Waals surface area contributed by atoms with Crippen LogP contribution in [0.5, 0.6) is 5.75 Å². The summed E-state index contributed by atoms with van der Waals surface area (Å²) in [4.78, 5) is 10.3. The largest absolute Gasteiger partial charge is 0.378 e. The molecular weight excluding hydrogens is 309 g/mol. The molecule has 2 aromatic rings. The molecule has 0 aliphatic heterocycles. The van der Waals surface area contributed by atoms with E-state index in [0.717, 1.165) is 23.8 Å². The molecule has 7 heteroatoms. The predicted molar refractivity (Wildman–Crippen MR) is 75.5 cm³/mol. The van der Waals surface area contributed by atoms with Crippen molar-refractivity contribution >= 4 is 16.4 Å². The quantitative estimate of drug-likeness (QED) is 0.639. The molecule has 0 saturated heterocycles. The standard InChI is InChI=1S/C15H10FNO4S/c1-10-2-4-14(12(6-10)9-18)21-22(19,20)15-5-3-11(8-17)7-13(15)16/h2-7,9H,1H3. The van der Waals surface area contributed by atoms with Crippen molar-refractivity contribution in [1.29, 1.82) is 5.26 Å². The van der Waals surface area contributed by atoms with Crippen LogP contribution in [0.3, 0.4) is 0 Å². The fourth-order valence-corrected chi connectivity index (χ4v) is 2.78. The van der Waals surface area contributed by atoms with Gasteiger partial charge < -0.3 is 4.18 Å². The summed E-state index contributed by atoms with van der Waals surface area (Å²) in [6, 6.07) is 8.93. The van der Waals surface area contributed by atoms with Crippen LogP contribution in [0.15, 0.2) is 41.3 Å². The Labute approximate surface area is 126 Å². The number of benzene rings is 2. The number of carbonyl (C=O) groups excluding carboxylic acids is 1. The molecule has 2 aromatic carbocycles. The third kappa shape index (κ3) is 3.13. The number of nitrogens with zero attached hydrogens (tertiary/aromatic N) is 1. The van der Waals surface area contributed by atoms with E-state index in [1.807, 2.05) is 0 Å². The van der Waals surface area contributed by atoms with Crippen LogP contribution in [0, 0.1) is 24.1 Å². The monoisotopic (exact) mass is 319 g/mol. The maximum Gasteiger partial charge on any atom is 0.342 e. The number of nitriles is 1. The Morgan fingerprint density at radius 1 is 1.23 bits per heavy atom. The molecule has 0 aliphatic carbocycles. The van der Waals surface area contributed by atoms with Gasteiger partial charge in [-0.1, -0.05) is 11.6 Å². The van der Waals surface area contributed by atoms with Gasteiger partial charge in [-0.3, -0.25) is 4.79 Å². The first kappa shape index (κ1) is 15.7. The van der Waals surface area contributed by atoms with Gasteiger partial charge in [0, 0.05) is 0 Å². The minimum absolute atomic E-state index is 0.0135. The van der Waals surface area contributed by atoms with Gasteiger partial charge in [-0.15, -0.1) is 0 Å². The second-order valence-electron chi connectivity index (χ2n) is 4.45. The SMILES string of the molecule is Cc1ccc(OS(=O)(=O)c2ccc(C#N)cc2F)c(C=O)c1. The van der Waals surface area contributed by atoms with Crippen LogP contribution >= 0.6 is 0 Å². The molecule has 0 fully saturated rings. The van der Waals surface area contributed by atoms with Crippen molar-refractivity contribution < 1.29 is 21.8 Å². The zero-order valence-electron chi connectivity index (χ0n) is 11.4. The van der Waals surface area contributed by atoms with Crippen molar-refractivity contribution in [3.05, 3.63) is 58.9 Å². The summed E-state index contributed by atoms with van der Waals surface area (Å²) in [5.41, 5.74) is 0.773. The van der Waals surface area contributed by atoms with E-state index in [1.54, 1.807) is 19.1 Å². The van der Waals surface area contributed by atoms with Crippen LogP contribution in [0.1, 0.15) is 21.5 Å².